The number of anilines is 2. The molecule has 1 aliphatic heterocycles. The number of hydrogen-bond acceptors (Lipinski definition) is 5. The number of H-pyrrole nitrogens is 1. The first-order valence-corrected chi connectivity index (χ1v) is 9.73. The largest absolute Gasteiger partial charge is 0.340 e. The number of amides is 1. The van der Waals surface area contributed by atoms with E-state index in [9.17, 15) is 19.2 Å². The van der Waals surface area contributed by atoms with Gasteiger partial charge in [-0.15, -0.1) is 0 Å². The number of carbonyl (C=O) groups excluding carboxylic acids is 2. The van der Waals surface area contributed by atoms with Crippen LogP contribution >= 0.6 is 0 Å². The number of carbonyl (C=O) groups is 2. The zero-order valence-corrected chi connectivity index (χ0v) is 16.8. The normalized spacial score (nSPS) is 16.3. The van der Waals surface area contributed by atoms with E-state index in [1.54, 1.807) is 43.4 Å². The van der Waals surface area contributed by atoms with E-state index in [-0.39, 0.29) is 11.7 Å². The van der Waals surface area contributed by atoms with E-state index in [2.05, 4.69) is 15.6 Å². The quantitative estimate of drug-likeness (QED) is 0.595. The molecule has 3 N–H and O–H groups in total. The van der Waals surface area contributed by atoms with Gasteiger partial charge in [0, 0.05) is 42.3 Å². The maximum absolute atomic E-state index is 13.4. The van der Waals surface area contributed by atoms with Crippen molar-refractivity contribution in [2.45, 2.75) is 12.8 Å². The summed E-state index contributed by atoms with van der Waals surface area (Å²) in [5, 5.41) is 5.89. The van der Waals surface area contributed by atoms with Crippen molar-refractivity contribution in [1.29, 1.82) is 0 Å². The van der Waals surface area contributed by atoms with Crippen LogP contribution in [0.2, 0.25) is 0 Å². The summed E-state index contributed by atoms with van der Waals surface area (Å²) in [6.07, 6.45) is 0. The van der Waals surface area contributed by atoms with Crippen molar-refractivity contribution in [3.8, 4) is 0 Å². The predicted octanol–water partition coefficient (Wildman–Crippen LogP) is 2.20. The SMILES string of the molecule is CC(=O)Nc1ccc([C@H]2C3=C(Nc4c2c(=O)[nH]c(=O)n4C)c2ccccc2C3=O)cc1. The van der Waals surface area contributed by atoms with Crippen LogP contribution in [0.1, 0.15) is 39.9 Å². The highest BCUT2D eigenvalue weighted by atomic mass is 16.2. The summed E-state index contributed by atoms with van der Waals surface area (Å²) in [6.45, 7) is 1.42. The Balaban J connectivity index is 1.77. The van der Waals surface area contributed by atoms with Gasteiger partial charge in [0.05, 0.1) is 11.3 Å². The first-order chi connectivity index (χ1) is 14.9. The fraction of sp³-hybridized carbons (Fsp3) is 0.130. The molecule has 1 aromatic heterocycles. The lowest BCUT2D eigenvalue weighted by Gasteiger charge is -2.29. The number of rotatable bonds is 2. The lowest BCUT2D eigenvalue weighted by atomic mass is 9.81. The molecule has 0 saturated carbocycles. The molecule has 5 rings (SSSR count). The van der Waals surface area contributed by atoms with Gasteiger partial charge in [0.1, 0.15) is 5.82 Å². The number of hydrogen-bond donors (Lipinski definition) is 3. The molecule has 1 amide bonds. The molecule has 31 heavy (non-hydrogen) atoms. The molecule has 2 heterocycles. The third-order valence-electron chi connectivity index (χ3n) is 5.70. The Bertz CT molecular complexity index is 1430. The number of nitrogens with one attached hydrogen (secondary N) is 3. The molecule has 0 unspecified atom stereocenters. The molecule has 8 nitrogen and oxygen atoms in total. The van der Waals surface area contributed by atoms with Gasteiger partial charge in [-0.2, -0.15) is 0 Å². The van der Waals surface area contributed by atoms with Crippen LogP contribution in [0.5, 0.6) is 0 Å². The van der Waals surface area contributed by atoms with Crippen LogP contribution in [0.25, 0.3) is 5.70 Å². The fourth-order valence-corrected chi connectivity index (χ4v) is 4.33. The molecular formula is C23H18N4O4. The summed E-state index contributed by atoms with van der Waals surface area (Å²) < 4.78 is 1.34. The second-order valence-electron chi connectivity index (χ2n) is 7.61. The maximum atomic E-state index is 13.4. The summed E-state index contributed by atoms with van der Waals surface area (Å²) in [4.78, 5) is 52.2. The monoisotopic (exact) mass is 414 g/mol. The van der Waals surface area contributed by atoms with E-state index < -0.39 is 17.2 Å². The van der Waals surface area contributed by atoms with Crippen molar-refractivity contribution in [1.82, 2.24) is 9.55 Å². The highest BCUT2D eigenvalue weighted by Crippen LogP contribution is 2.47. The Morgan fingerprint density at radius 3 is 2.35 bits per heavy atom. The summed E-state index contributed by atoms with van der Waals surface area (Å²) in [5.41, 5.74) is 2.87. The molecule has 2 aliphatic rings. The minimum atomic E-state index is -0.673. The minimum absolute atomic E-state index is 0.159. The molecule has 1 aliphatic carbocycles. The van der Waals surface area contributed by atoms with Crippen molar-refractivity contribution in [2.75, 3.05) is 10.6 Å². The fourth-order valence-electron chi connectivity index (χ4n) is 4.33. The standard InChI is InChI=1S/C23H18N4O4/c1-11(28)24-13-9-7-12(8-10-13)16-17-19(14-5-3-4-6-15(14)20(17)29)25-21-18(16)22(30)26-23(31)27(21)2/h3-10,16,25H,1-2H3,(H,24,28)(H,26,30,31)/t16-/m0/s1. The molecule has 0 saturated heterocycles. The second kappa shape index (κ2) is 6.66. The van der Waals surface area contributed by atoms with Gasteiger partial charge in [-0.25, -0.2) is 4.79 Å². The number of nitrogens with zero attached hydrogens (tertiary/aromatic N) is 1. The summed E-state index contributed by atoms with van der Waals surface area (Å²) in [7, 11) is 1.56. The second-order valence-corrected chi connectivity index (χ2v) is 7.61. The van der Waals surface area contributed by atoms with Crippen molar-refractivity contribution in [3.05, 3.63) is 97.2 Å². The first kappa shape index (κ1) is 18.8. The van der Waals surface area contributed by atoms with Crippen LogP contribution in [-0.2, 0) is 11.8 Å². The predicted molar refractivity (Wildman–Crippen MR) is 116 cm³/mol. The highest BCUT2D eigenvalue weighted by Gasteiger charge is 2.42. The minimum Gasteiger partial charge on any atom is -0.340 e. The van der Waals surface area contributed by atoms with Crippen molar-refractivity contribution >= 4 is 28.9 Å². The van der Waals surface area contributed by atoms with Gasteiger partial charge in [0.25, 0.3) is 5.56 Å². The molecule has 3 aromatic rings. The molecule has 1 atom stereocenters. The lowest BCUT2D eigenvalue weighted by Crippen LogP contribution is -2.37. The van der Waals surface area contributed by atoms with Crippen molar-refractivity contribution in [2.24, 2.45) is 7.05 Å². The number of aromatic nitrogens is 2. The topological polar surface area (TPSA) is 113 Å². The van der Waals surface area contributed by atoms with E-state index in [0.717, 1.165) is 5.56 Å². The van der Waals surface area contributed by atoms with E-state index >= 15 is 0 Å². The Hall–Kier alpha value is -4.20. The number of allylic oxidation sites excluding steroid dienone is 1. The molecule has 8 heteroatoms. The van der Waals surface area contributed by atoms with E-state index in [1.807, 2.05) is 12.1 Å². The van der Waals surface area contributed by atoms with Gasteiger partial charge in [-0.3, -0.25) is 23.9 Å². The average molecular weight is 414 g/mol. The molecule has 2 aromatic carbocycles. The van der Waals surface area contributed by atoms with Gasteiger partial charge >= 0.3 is 5.69 Å². The van der Waals surface area contributed by atoms with Gasteiger partial charge in [0.15, 0.2) is 5.78 Å². The Morgan fingerprint density at radius 2 is 1.68 bits per heavy atom. The highest BCUT2D eigenvalue weighted by molar-refractivity contribution is 6.23. The lowest BCUT2D eigenvalue weighted by molar-refractivity contribution is -0.114. The summed E-state index contributed by atoms with van der Waals surface area (Å²) in [6, 6.07) is 14.2. The number of benzene rings is 2. The third-order valence-corrected chi connectivity index (χ3v) is 5.70. The van der Waals surface area contributed by atoms with Gasteiger partial charge in [-0.05, 0) is 17.7 Å². The van der Waals surface area contributed by atoms with Crippen LogP contribution < -0.4 is 21.9 Å². The van der Waals surface area contributed by atoms with Crippen LogP contribution in [0.15, 0.2) is 63.7 Å². The molecule has 0 fully saturated rings. The van der Waals surface area contributed by atoms with E-state index in [0.29, 0.717) is 39.5 Å². The zero-order chi connectivity index (χ0) is 21.9. The van der Waals surface area contributed by atoms with Crippen LogP contribution in [0.3, 0.4) is 0 Å². The Kier molecular flexibility index (Phi) is 4.04. The maximum Gasteiger partial charge on any atom is 0.329 e. The molecule has 154 valence electrons. The average Bonchev–Trinajstić information content (AvgIpc) is 3.03. The summed E-state index contributed by atoms with van der Waals surface area (Å²) >= 11 is 0. The van der Waals surface area contributed by atoms with Gasteiger partial charge in [-0.1, -0.05) is 36.4 Å². The van der Waals surface area contributed by atoms with Crippen molar-refractivity contribution < 1.29 is 9.59 Å². The number of aromatic amines is 1. The Labute approximate surface area is 176 Å². The molecule has 0 spiro atoms. The smallest absolute Gasteiger partial charge is 0.329 e. The third kappa shape index (κ3) is 2.76. The number of ketones is 1. The molecular weight excluding hydrogens is 396 g/mol. The number of fused-ring (bicyclic) bond motifs is 3. The zero-order valence-electron chi connectivity index (χ0n) is 16.8. The Morgan fingerprint density at radius 1 is 1.00 bits per heavy atom. The van der Waals surface area contributed by atoms with Gasteiger partial charge in [0.2, 0.25) is 5.91 Å². The molecule has 0 radical (unpaired) electrons. The van der Waals surface area contributed by atoms with E-state index in [1.165, 1.54) is 11.5 Å². The van der Waals surface area contributed by atoms with Crippen molar-refractivity contribution in [3.63, 3.8) is 0 Å². The number of Topliss-reactive ketones (excluding diaryl/α,β-unsaturated/α-hetero) is 1. The van der Waals surface area contributed by atoms with Crippen LogP contribution in [0, 0.1) is 0 Å². The van der Waals surface area contributed by atoms with Gasteiger partial charge < -0.3 is 10.6 Å². The first-order valence-electron chi connectivity index (χ1n) is 9.73. The van der Waals surface area contributed by atoms with Crippen LogP contribution in [0.4, 0.5) is 11.5 Å². The van der Waals surface area contributed by atoms with Crippen LogP contribution in [-0.4, -0.2) is 21.2 Å². The molecule has 0 bridgehead atoms. The summed E-state index contributed by atoms with van der Waals surface area (Å²) in [5.74, 6) is -0.674. The van der Waals surface area contributed by atoms with E-state index in [4.69, 9.17) is 0 Å².